The maximum absolute atomic E-state index is 14.3. The Balaban J connectivity index is 1.47. The van der Waals surface area contributed by atoms with Crippen LogP contribution in [0.5, 0.6) is 5.75 Å². The number of carbonyl (C=O) groups excluding carboxylic acids is 3. The van der Waals surface area contributed by atoms with Crippen molar-refractivity contribution >= 4 is 40.2 Å². The van der Waals surface area contributed by atoms with E-state index >= 15 is 0 Å². The van der Waals surface area contributed by atoms with E-state index in [1.54, 1.807) is 0 Å². The molecule has 1 aliphatic carbocycles. The molecule has 4 rings (SSSR count). The Bertz CT molecular complexity index is 1250. The van der Waals surface area contributed by atoms with E-state index in [1.807, 2.05) is 13.8 Å². The van der Waals surface area contributed by atoms with Gasteiger partial charge in [0, 0.05) is 16.8 Å². The van der Waals surface area contributed by atoms with Crippen molar-refractivity contribution in [3.8, 4) is 11.8 Å². The quantitative estimate of drug-likeness (QED) is 0.405. The van der Waals surface area contributed by atoms with E-state index in [-0.39, 0.29) is 40.3 Å². The molecular weight excluding hydrogens is 489 g/mol. The molecule has 9 nitrogen and oxygen atoms in total. The molecule has 2 heterocycles. The van der Waals surface area contributed by atoms with Crippen LogP contribution in [0.2, 0.25) is 5.02 Å². The summed E-state index contributed by atoms with van der Waals surface area (Å²) in [5.41, 5.74) is 0.165. The summed E-state index contributed by atoms with van der Waals surface area (Å²) in [5.74, 6) is -2.07. The molecule has 0 unspecified atom stereocenters. The Morgan fingerprint density at radius 1 is 1.31 bits per heavy atom. The van der Waals surface area contributed by atoms with Gasteiger partial charge in [0.25, 0.3) is 5.91 Å². The Kier molecular flexibility index (Phi) is 7.14. The zero-order valence-corrected chi connectivity index (χ0v) is 21.1. The van der Waals surface area contributed by atoms with Gasteiger partial charge in [0.05, 0.1) is 23.7 Å². The summed E-state index contributed by atoms with van der Waals surface area (Å²) in [4.78, 5) is 41.3. The number of aromatic nitrogens is 1. The van der Waals surface area contributed by atoms with Crippen molar-refractivity contribution in [3.63, 3.8) is 0 Å². The van der Waals surface area contributed by atoms with Gasteiger partial charge in [-0.2, -0.15) is 5.26 Å². The number of hydrogen-bond acceptors (Lipinski definition) is 5. The van der Waals surface area contributed by atoms with Crippen LogP contribution in [0.15, 0.2) is 12.1 Å². The lowest BCUT2D eigenvalue weighted by Crippen LogP contribution is -2.50. The first kappa shape index (κ1) is 25.8. The lowest BCUT2D eigenvalue weighted by molar-refractivity contribution is -0.125. The number of benzene rings is 1. The van der Waals surface area contributed by atoms with E-state index < -0.39 is 29.7 Å². The highest BCUT2D eigenvalue weighted by Gasteiger charge is 2.39. The van der Waals surface area contributed by atoms with Crippen LogP contribution < -0.4 is 20.7 Å². The van der Waals surface area contributed by atoms with Crippen LogP contribution in [0.1, 0.15) is 56.4 Å². The molecule has 2 fully saturated rings. The summed E-state index contributed by atoms with van der Waals surface area (Å²) < 4.78 is 19.4. The van der Waals surface area contributed by atoms with E-state index in [0.717, 1.165) is 12.8 Å². The molecule has 0 bridgehead atoms. The summed E-state index contributed by atoms with van der Waals surface area (Å²) in [5, 5.41) is 18.1. The first-order valence-electron chi connectivity index (χ1n) is 11.9. The van der Waals surface area contributed by atoms with Crippen molar-refractivity contribution < 1.29 is 23.5 Å². The minimum absolute atomic E-state index is 0.0870. The highest BCUT2D eigenvalue weighted by atomic mass is 35.5. The number of rotatable bonds is 9. The van der Waals surface area contributed by atoms with Crippen molar-refractivity contribution in [2.24, 2.45) is 11.8 Å². The molecule has 4 N–H and O–H groups in total. The Labute approximate surface area is 213 Å². The lowest BCUT2D eigenvalue weighted by Gasteiger charge is -2.21. The minimum atomic E-state index is -0.872. The van der Waals surface area contributed by atoms with Gasteiger partial charge in [0.15, 0.2) is 11.6 Å². The van der Waals surface area contributed by atoms with Crippen molar-refractivity contribution in [1.82, 2.24) is 20.9 Å². The molecule has 2 aliphatic rings. The third kappa shape index (κ3) is 5.57. The number of aromatic amines is 1. The van der Waals surface area contributed by atoms with Crippen molar-refractivity contribution in [1.29, 1.82) is 5.26 Å². The molecule has 1 aliphatic heterocycles. The topological polar surface area (TPSA) is 136 Å². The minimum Gasteiger partial charge on any atom is -0.493 e. The maximum Gasteiger partial charge on any atom is 0.268 e. The van der Waals surface area contributed by atoms with Crippen LogP contribution in [-0.4, -0.2) is 47.4 Å². The number of H-pyrrole nitrogens is 1. The molecule has 11 heteroatoms. The molecule has 1 saturated heterocycles. The number of hydrogen-bond donors (Lipinski definition) is 4. The van der Waals surface area contributed by atoms with Crippen LogP contribution in [0.4, 0.5) is 4.39 Å². The number of nitrogens with zero attached hydrogens (tertiary/aromatic N) is 1. The zero-order valence-electron chi connectivity index (χ0n) is 20.3. The van der Waals surface area contributed by atoms with E-state index in [1.165, 1.54) is 19.2 Å². The molecule has 1 aromatic carbocycles. The molecule has 0 radical (unpaired) electrons. The van der Waals surface area contributed by atoms with Crippen LogP contribution in [0, 0.1) is 29.0 Å². The van der Waals surface area contributed by atoms with Gasteiger partial charge in [0.1, 0.15) is 17.8 Å². The van der Waals surface area contributed by atoms with Crippen LogP contribution in [0.3, 0.4) is 0 Å². The monoisotopic (exact) mass is 517 g/mol. The largest absolute Gasteiger partial charge is 0.493 e. The fourth-order valence-electron chi connectivity index (χ4n) is 4.75. The summed E-state index contributed by atoms with van der Waals surface area (Å²) in [6, 6.07) is 3.12. The lowest BCUT2D eigenvalue weighted by atomic mass is 9.92. The van der Waals surface area contributed by atoms with Gasteiger partial charge in [-0.05, 0) is 51.2 Å². The van der Waals surface area contributed by atoms with E-state index in [0.29, 0.717) is 29.7 Å². The zero-order chi connectivity index (χ0) is 26.2. The average Bonchev–Trinajstić information content (AvgIpc) is 3.47. The highest BCUT2D eigenvalue weighted by molar-refractivity contribution is 6.31. The number of halogens is 2. The normalized spacial score (nSPS) is 20.3. The molecule has 36 heavy (non-hydrogen) atoms. The highest BCUT2D eigenvalue weighted by Crippen LogP contribution is 2.35. The summed E-state index contributed by atoms with van der Waals surface area (Å²) in [6.45, 7) is 3.82. The van der Waals surface area contributed by atoms with E-state index in [2.05, 4.69) is 27.0 Å². The molecular formula is C25H29ClFN5O4. The van der Waals surface area contributed by atoms with E-state index in [4.69, 9.17) is 16.3 Å². The second-order valence-corrected chi connectivity index (χ2v) is 10.7. The van der Waals surface area contributed by atoms with Gasteiger partial charge in [-0.15, -0.1) is 0 Å². The first-order chi connectivity index (χ1) is 17.0. The fourth-order valence-corrected chi connectivity index (χ4v) is 4.95. The average molecular weight is 518 g/mol. The number of nitriles is 1. The standard InChI is InChI=1S/C25H29ClFN5O4/c1-25(2)10-13(22(33)32-25)7-14(11-28)29-23(34)18(6-12-4-5-12)31-24(35)19-8-15-17(30-19)9-16(26)20(27)21(15)36-3/h8-9,12-14,18,30H,4-7,10H2,1-3H3,(H,29,34)(H,31,35)(H,32,33)/t13-,14+,18+/m1/s1. The molecule has 0 spiro atoms. The predicted molar refractivity (Wildman–Crippen MR) is 131 cm³/mol. The van der Waals surface area contributed by atoms with Gasteiger partial charge >= 0.3 is 0 Å². The Hall–Kier alpha value is -3.32. The fraction of sp³-hybridized carbons (Fsp3) is 0.520. The van der Waals surface area contributed by atoms with Gasteiger partial charge < -0.3 is 25.7 Å². The molecule has 192 valence electrons. The Morgan fingerprint density at radius 2 is 2.03 bits per heavy atom. The maximum atomic E-state index is 14.3. The van der Waals surface area contributed by atoms with Crippen molar-refractivity contribution in [2.75, 3.05) is 7.11 Å². The van der Waals surface area contributed by atoms with Gasteiger partial charge in [-0.25, -0.2) is 4.39 Å². The van der Waals surface area contributed by atoms with Crippen molar-refractivity contribution in [2.45, 2.75) is 63.6 Å². The number of methoxy groups -OCH3 is 1. The molecule has 3 amide bonds. The summed E-state index contributed by atoms with van der Waals surface area (Å²) in [6.07, 6.45) is 3.10. The van der Waals surface area contributed by atoms with Gasteiger partial charge in [0.2, 0.25) is 11.8 Å². The number of fused-ring (bicyclic) bond motifs is 1. The van der Waals surface area contributed by atoms with E-state index in [9.17, 15) is 24.0 Å². The SMILES string of the molecule is COc1c(F)c(Cl)cc2[nH]c(C(=O)N[C@@H](CC3CC3)C(=O)N[C@H](C#N)C[C@@H]3CC(C)(C)NC3=O)cc12. The third-order valence-electron chi connectivity index (χ3n) is 6.69. The first-order valence-corrected chi connectivity index (χ1v) is 12.3. The second kappa shape index (κ2) is 9.97. The predicted octanol–water partition coefficient (Wildman–Crippen LogP) is 3.18. The van der Waals surface area contributed by atoms with Crippen LogP contribution in [-0.2, 0) is 9.59 Å². The van der Waals surface area contributed by atoms with Crippen molar-refractivity contribution in [3.05, 3.63) is 28.7 Å². The second-order valence-electron chi connectivity index (χ2n) is 10.3. The number of carbonyl (C=O) groups is 3. The van der Waals surface area contributed by atoms with Gasteiger partial charge in [-0.1, -0.05) is 24.4 Å². The van der Waals surface area contributed by atoms with Crippen LogP contribution >= 0.6 is 11.6 Å². The summed E-state index contributed by atoms with van der Waals surface area (Å²) >= 11 is 5.92. The number of ether oxygens (including phenoxy) is 1. The third-order valence-corrected chi connectivity index (χ3v) is 6.97. The molecule has 2 aromatic rings. The smallest absolute Gasteiger partial charge is 0.268 e. The molecule has 1 aromatic heterocycles. The van der Waals surface area contributed by atoms with Crippen LogP contribution in [0.25, 0.3) is 10.9 Å². The number of amides is 3. The molecule has 1 saturated carbocycles. The summed E-state index contributed by atoms with van der Waals surface area (Å²) in [7, 11) is 1.30. The number of nitrogens with one attached hydrogen (secondary N) is 4. The molecule has 3 atom stereocenters. The Morgan fingerprint density at radius 3 is 2.61 bits per heavy atom. The van der Waals surface area contributed by atoms with Gasteiger partial charge in [-0.3, -0.25) is 14.4 Å².